The molecule has 0 saturated carbocycles. The van der Waals surface area contributed by atoms with Gasteiger partial charge >= 0.3 is 0 Å². The van der Waals surface area contributed by atoms with Crippen LogP contribution in [0.3, 0.4) is 0 Å². The van der Waals surface area contributed by atoms with Crippen molar-refractivity contribution in [3.63, 3.8) is 0 Å². The second-order valence-corrected chi connectivity index (χ2v) is 8.84. The molecule has 3 amide bonds. The molecule has 1 aliphatic heterocycles. The van der Waals surface area contributed by atoms with Gasteiger partial charge in [0.05, 0.1) is 10.6 Å². The summed E-state index contributed by atoms with van der Waals surface area (Å²) in [5.41, 5.74) is 0.728. The molecule has 0 spiro atoms. The zero-order valence-electron chi connectivity index (χ0n) is 19.6. The number of likely N-dealkylation sites (tertiary alicyclic amines) is 1. The van der Waals surface area contributed by atoms with Gasteiger partial charge in [-0.1, -0.05) is 11.6 Å². The summed E-state index contributed by atoms with van der Waals surface area (Å²) in [6.07, 6.45) is 1.48. The Morgan fingerprint density at radius 2 is 1.76 bits per heavy atom. The summed E-state index contributed by atoms with van der Waals surface area (Å²) in [7, 11) is 0. The van der Waals surface area contributed by atoms with E-state index in [2.05, 4.69) is 20.9 Å². The third-order valence-corrected chi connectivity index (χ3v) is 6.04. The fourth-order valence-electron chi connectivity index (χ4n) is 3.88. The summed E-state index contributed by atoms with van der Waals surface area (Å²) in [6.45, 7) is 1.88. The standard InChI is InChI=1S/C25H24ClF2N5O4/c26-20-12-15(27)3-8-19(20)23(34)31-17-4-6-18(7-5-17)32-25(36)22-21(30-14-37-22)24(35)29-9-11-33-10-1-2-16(28)13-33/h3-8,12,14,16H,1-2,9-11,13H2,(H,29,35)(H,31,34)(H,32,36). The molecule has 0 aliphatic carbocycles. The molecule has 1 atom stereocenters. The van der Waals surface area contributed by atoms with Crippen LogP contribution < -0.4 is 16.0 Å². The first-order valence-corrected chi connectivity index (χ1v) is 11.9. The number of amides is 3. The van der Waals surface area contributed by atoms with E-state index in [0.29, 0.717) is 30.9 Å². The molecule has 194 valence electrons. The van der Waals surface area contributed by atoms with Crippen LogP contribution in [0, 0.1) is 5.82 Å². The number of piperidine rings is 1. The Balaban J connectivity index is 1.31. The van der Waals surface area contributed by atoms with Crippen molar-refractivity contribution in [3.8, 4) is 0 Å². The SMILES string of the molecule is O=C(Nc1ccc(NC(=O)c2ocnc2C(=O)NCCN2CCCC(F)C2)cc1)c1ccc(F)cc1Cl. The lowest BCUT2D eigenvalue weighted by molar-refractivity contribution is 0.0916. The number of nitrogens with one attached hydrogen (secondary N) is 3. The van der Waals surface area contributed by atoms with Crippen molar-refractivity contribution in [2.24, 2.45) is 0 Å². The van der Waals surface area contributed by atoms with Gasteiger partial charge in [0.1, 0.15) is 12.0 Å². The average Bonchev–Trinajstić information content (AvgIpc) is 3.36. The Morgan fingerprint density at radius 1 is 1.05 bits per heavy atom. The maximum atomic E-state index is 13.5. The van der Waals surface area contributed by atoms with Gasteiger partial charge in [-0.05, 0) is 61.9 Å². The largest absolute Gasteiger partial charge is 0.437 e. The topological polar surface area (TPSA) is 117 Å². The molecular formula is C25H24ClF2N5O4. The minimum absolute atomic E-state index is 0.0202. The van der Waals surface area contributed by atoms with Crippen molar-refractivity contribution in [3.05, 3.63) is 76.7 Å². The van der Waals surface area contributed by atoms with Gasteiger partial charge in [-0.15, -0.1) is 0 Å². The van der Waals surface area contributed by atoms with Gasteiger partial charge in [-0.3, -0.25) is 19.3 Å². The molecule has 3 aromatic rings. The normalized spacial score (nSPS) is 15.7. The predicted molar refractivity (Wildman–Crippen MR) is 133 cm³/mol. The van der Waals surface area contributed by atoms with Crippen molar-refractivity contribution in [1.29, 1.82) is 0 Å². The number of aromatic nitrogens is 1. The molecule has 2 heterocycles. The highest BCUT2D eigenvalue weighted by Gasteiger charge is 2.24. The van der Waals surface area contributed by atoms with E-state index < -0.39 is 29.7 Å². The molecule has 0 bridgehead atoms. The summed E-state index contributed by atoms with van der Waals surface area (Å²) in [5, 5.41) is 7.89. The number of nitrogens with zero attached hydrogens (tertiary/aromatic N) is 2. The highest BCUT2D eigenvalue weighted by Crippen LogP contribution is 2.21. The number of anilines is 2. The first-order valence-electron chi connectivity index (χ1n) is 11.6. The number of carbonyl (C=O) groups is 3. The summed E-state index contributed by atoms with van der Waals surface area (Å²) < 4.78 is 31.8. The van der Waals surface area contributed by atoms with Gasteiger partial charge in [0.25, 0.3) is 17.7 Å². The van der Waals surface area contributed by atoms with Crippen LogP contribution in [-0.2, 0) is 0 Å². The Morgan fingerprint density at radius 3 is 2.43 bits per heavy atom. The van der Waals surface area contributed by atoms with Crippen molar-refractivity contribution >= 4 is 40.7 Å². The summed E-state index contributed by atoms with van der Waals surface area (Å²) in [6, 6.07) is 9.61. The first-order chi connectivity index (χ1) is 17.8. The maximum Gasteiger partial charge on any atom is 0.293 e. The second-order valence-electron chi connectivity index (χ2n) is 8.44. The molecule has 1 fully saturated rings. The Kier molecular flexibility index (Phi) is 8.47. The number of alkyl halides is 1. The Hall–Kier alpha value is -3.83. The molecule has 1 unspecified atom stereocenters. The van der Waals surface area contributed by atoms with Gasteiger partial charge < -0.3 is 20.4 Å². The van der Waals surface area contributed by atoms with Gasteiger partial charge in [0.2, 0.25) is 5.76 Å². The first kappa shape index (κ1) is 26.2. The van der Waals surface area contributed by atoms with Crippen molar-refractivity contribution in [2.45, 2.75) is 19.0 Å². The summed E-state index contributed by atoms with van der Waals surface area (Å²) >= 11 is 5.92. The number of hydrogen-bond donors (Lipinski definition) is 3. The fourth-order valence-corrected chi connectivity index (χ4v) is 4.13. The highest BCUT2D eigenvalue weighted by molar-refractivity contribution is 6.34. The van der Waals surface area contributed by atoms with Crippen LogP contribution >= 0.6 is 11.6 Å². The molecule has 37 heavy (non-hydrogen) atoms. The fraction of sp³-hybridized carbons (Fsp3) is 0.280. The number of hydrogen-bond acceptors (Lipinski definition) is 6. The van der Waals surface area contributed by atoms with Crippen LogP contribution in [0.1, 0.15) is 44.2 Å². The molecular weight excluding hydrogens is 508 g/mol. The molecule has 1 aromatic heterocycles. The van der Waals surface area contributed by atoms with Crippen LogP contribution in [0.4, 0.5) is 20.2 Å². The van der Waals surface area contributed by atoms with E-state index in [1.54, 1.807) is 12.1 Å². The van der Waals surface area contributed by atoms with E-state index in [1.807, 2.05) is 4.90 Å². The summed E-state index contributed by atoms with van der Waals surface area (Å²) in [4.78, 5) is 43.4. The van der Waals surface area contributed by atoms with Crippen molar-refractivity contribution in [2.75, 3.05) is 36.8 Å². The Labute approximate surface area is 216 Å². The van der Waals surface area contributed by atoms with Crippen LogP contribution in [0.15, 0.2) is 53.3 Å². The molecule has 3 N–H and O–H groups in total. The maximum absolute atomic E-state index is 13.5. The molecule has 0 radical (unpaired) electrons. The molecule has 12 heteroatoms. The monoisotopic (exact) mass is 531 g/mol. The van der Waals surface area contributed by atoms with E-state index >= 15 is 0 Å². The molecule has 1 saturated heterocycles. The van der Waals surface area contributed by atoms with Crippen LogP contribution in [0.25, 0.3) is 0 Å². The second kappa shape index (κ2) is 11.9. The zero-order valence-corrected chi connectivity index (χ0v) is 20.4. The zero-order chi connectivity index (χ0) is 26.4. The average molecular weight is 532 g/mol. The van der Waals surface area contributed by atoms with Crippen molar-refractivity contribution < 1.29 is 27.6 Å². The van der Waals surface area contributed by atoms with Gasteiger partial charge in [-0.25, -0.2) is 13.8 Å². The van der Waals surface area contributed by atoms with Crippen LogP contribution in [-0.4, -0.2) is 60.0 Å². The predicted octanol–water partition coefficient (Wildman–Crippen LogP) is 4.14. The van der Waals surface area contributed by atoms with E-state index in [1.165, 1.54) is 18.2 Å². The molecule has 1 aliphatic rings. The molecule has 4 rings (SSSR count). The molecule has 9 nitrogen and oxygen atoms in total. The number of halogens is 3. The lowest BCUT2D eigenvalue weighted by atomic mass is 10.1. The minimum Gasteiger partial charge on any atom is -0.437 e. The molecule has 2 aromatic carbocycles. The third kappa shape index (κ3) is 6.89. The van der Waals surface area contributed by atoms with E-state index in [0.717, 1.165) is 31.5 Å². The Bertz CT molecular complexity index is 1280. The van der Waals surface area contributed by atoms with Crippen LogP contribution in [0.2, 0.25) is 5.02 Å². The van der Waals surface area contributed by atoms with Gasteiger partial charge in [0, 0.05) is 31.0 Å². The van der Waals surface area contributed by atoms with Crippen molar-refractivity contribution in [1.82, 2.24) is 15.2 Å². The number of rotatable bonds is 8. The van der Waals surface area contributed by atoms with Gasteiger partial charge in [0.15, 0.2) is 12.1 Å². The number of oxazole rings is 1. The number of carbonyl (C=O) groups excluding carboxylic acids is 3. The lowest BCUT2D eigenvalue weighted by Gasteiger charge is -2.28. The quantitative estimate of drug-likeness (QED) is 0.402. The third-order valence-electron chi connectivity index (χ3n) is 5.73. The summed E-state index contributed by atoms with van der Waals surface area (Å²) in [5.74, 6) is -2.60. The van der Waals surface area contributed by atoms with Crippen LogP contribution in [0.5, 0.6) is 0 Å². The van der Waals surface area contributed by atoms with Gasteiger partial charge in [-0.2, -0.15) is 0 Å². The lowest BCUT2D eigenvalue weighted by Crippen LogP contribution is -2.41. The van der Waals surface area contributed by atoms with E-state index in [-0.39, 0.29) is 28.6 Å². The smallest absolute Gasteiger partial charge is 0.293 e. The number of benzene rings is 2. The van der Waals surface area contributed by atoms with E-state index in [4.69, 9.17) is 16.0 Å². The minimum atomic E-state index is -0.853. The van der Waals surface area contributed by atoms with E-state index in [9.17, 15) is 23.2 Å². The highest BCUT2D eigenvalue weighted by atomic mass is 35.5.